The third kappa shape index (κ3) is 3.09. The Morgan fingerprint density at radius 3 is 2.65 bits per heavy atom. The Labute approximate surface area is 154 Å². The molecule has 0 aliphatic carbocycles. The third-order valence-corrected chi connectivity index (χ3v) is 6.38. The van der Waals surface area contributed by atoms with Gasteiger partial charge in [-0.3, -0.25) is 0 Å². The highest BCUT2D eigenvalue weighted by Gasteiger charge is 2.33. The van der Waals surface area contributed by atoms with Gasteiger partial charge in [0.25, 0.3) is 0 Å². The molecular formula is C23H27NO2. The van der Waals surface area contributed by atoms with E-state index in [1.54, 1.807) is 0 Å². The van der Waals surface area contributed by atoms with Crippen molar-refractivity contribution in [2.24, 2.45) is 11.8 Å². The van der Waals surface area contributed by atoms with Gasteiger partial charge >= 0.3 is 0 Å². The van der Waals surface area contributed by atoms with Crippen LogP contribution in [0.1, 0.15) is 32.1 Å². The summed E-state index contributed by atoms with van der Waals surface area (Å²) in [4.78, 5) is 2.66. The van der Waals surface area contributed by atoms with E-state index < -0.39 is 0 Å². The number of benzene rings is 2. The normalized spacial score (nSPS) is 25.2. The smallest absolute Gasteiger partial charge is 0.135 e. The van der Waals surface area contributed by atoms with Gasteiger partial charge in [-0.25, -0.2) is 0 Å². The largest absolute Gasteiger partial charge is 0.494 e. The Hall–Kier alpha value is -2.00. The van der Waals surface area contributed by atoms with Crippen LogP contribution in [-0.4, -0.2) is 31.1 Å². The summed E-state index contributed by atoms with van der Waals surface area (Å²) in [6.07, 6.45) is 6.66. The summed E-state index contributed by atoms with van der Waals surface area (Å²) in [5, 5.41) is 2.31. The highest BCUT2D eigenvalue weighted by molar-refractivity contribution is 6.05. The highest BCUT2D eigenvalue weighted by Crippen LogP contribution is 2.35. The molecular weight excluding hydrogens is 322 g/mol. The summed E-state index contributed by atoms with van der Waals surface area (Å²) in [6.45, 7) is 4.84. The lowest BCUT2D eigenvalue weighted by molar-refractivity contribution is 0.0450. The summed E-state index contributed by atoms with van der Waals surface area (Å²) >= 11 is 0. The Balaban J connectivity index is 1.15. The van der Waals surface area contributed by atoms with Crippen LogP contribution in [0.3, 0.4) is 0 Å². The number of fused-ring (bicyclic) bond motifs is 6. The molecule has 3 nitrogen and oxygen atoms in total. The van der Waals surface area contributed by atoms with E-state index in [9.17, 15) is 0 Å². The van der Waals surface area contributed by atoms with E-state index >= 15 is 0 Å². The maximum absolute atomic E-state index is 6.03. The van der Waals surface area contributed by atoms with Crippen LogP contribution in [0.5, 0.6) is 5.75 Å². The fourth-order valence-electron chi connectivity index (χ4n) is 4.91. The first-order valence-electron chi connectivity index (χ1n) is 10.1. The predicted molar refractivity (Wildman–Crippen MR) is 106 cm³/mol. The zero-order valence-corrected chi connectivity index (χ0v) is 15.3. The van der Waals surface area contributed by atoms with Crippen LogP contribution in [-0.2, 0) is 0 Å². The molecule has 26 heavy (non-hydrogen) atoms. The minimum atomic E-state index is 0.808. The van der Waals surface area contributed by atoms with Crippen molar-refractivity contribution in [3.8, 4) is 5.75 Å². The van der Waals surface area contributed by atoms with Crippen LogP contribution < -0.4 is 4.74 Å². The van der Waals surface area contributed by atoms with Crippen LogP contribution in [0.4, 0.5) is 0 Å². The second-order valence-electron chi connectivity index (χ2n) is 8.00. The molecule has 0 saturated carbocycles. The Morgan fingerprint density at radius 2 is 1.81 bits per heavy atom. The standard InChI is InChI=1S/C23H27NO2/c1-2-7-22-20(6-1)21-15-19(8-9-23(21)26-22)25-14-4-3-5-18-16-24-12-10-17(18)11-13-24/h1-2,6-9,15,17-18H,3-5,10-14,16H2. The lowest BCUT2D eigenvalue weighted by Gasteiger charge is -2.45. The van der Waals surface area contributed by atoms with Crippen LogP contribution >= 0.6 is 0 Å². The first-order valence-corrected chi connectivity index (χ1v) is 10.1. The van der Waals surface area contributed by atoms with E-state index in [2.05, 4.69) is 23.1 Å². The highest BCUT2D eigenvalue weighted by atomic mass is 16.5. The van der Waals surface area contributed by atoms with Gasteiger partial charge in [-0.1, -0.05) is 18.2 Å². The Kier molecular flexibility index (Phi) is 4.33. The monoisotopic (exact) mass is 349 g/mol. The molecule has 0 amide bonds. The van der Waals surface area contributed by atoms with Gasteiger partial charge in [-0.15, -0.1) is 0 Å². The molecule has 6 rings (SSSR count). The number of furan rings is 1. The van der Waals surface area contributed by atoms with Crippen LogP contribution in [0.15, 0.2) is 46.9 Å². The molecule has 3 heteroatoms. The third-order valence-electron chi connectivity index (χ3n) is 6.38. The molecule has 136 valence electrons. The molecule has 3 aromatic rings. The molecule has 2 bridgehead atoms. The number of hydrogen-bond acceptors (Lipinski definition) is 3. The van der Waals surface area contributed by atoms with Crippen molar-refractivity contribution in [3.05, 3.63) is 42.5 Å². The van der Waals surface area contributed by atoms with E-state index in [0.717, 1.165) is 52.6 Å². The zero-order chi connectivity index (χ0) is 17.3. The quantitative estimate of drug-likeness (QED) is 0.551. The lowest BCUT2D eigenvalue weighted by atomic mass is 9.77. The first-order chi connectivity index (χ1) is 12.9. The molecule has 2 aromatic carbocycles. The van der Waals surface area contributed by atoms with Crippen molar-refractivity contribution in [1.29, 1.82) is 0 Å². The molecule has 3 saturated heterocycles. The molecule has 0 radical (unpaired) electrons. The minimum Gasteiger partial charge on any atom is -0.494 e. The molecule has 3 fully saturated rings. The summed E-state index contributed by atoms with van der Waals surface area (Å²) in [5.41, 5.74) is 1.87. The summed E-state index contributed by atoms with van der Waals surface area (Å²) in [5.74, 6) is 2.88. The molecule has 0 N–H and O–H groups in total. The second kappa shape index (κ2) is 6.96. The number of para-hydroxylation sites is 1. The van der Waals surface area contributed by atoms with Crippen molar-refractivity contribution >= 4 is 21.9 Å². The van der Waals surface area contributed by atoms with Gasteiger partial charge in [0, 0.05) is 17.3 Å². The fourth-order valence-corrected chi connectivity index (χ4v) is 4.91. The molecule has 3 aliphatic heterocycles. The van der Waals surface area contributed by atoms with Crippen LogP contribution in [0, 0.1) is 11.8 Å². The molecule has 3 aliphatic rings. The average Bonchev–Trinajstić information content (AvgIpc) is 3.07. The van der Waals surface area contributed by atoms with Crippen molar-refractivity contribution in [1.82, 2.24) is 4.90 Å². The Morgan fingerprint density at radius 1 is 0.962 bits per heavy atom. The van der Waals surface area contributed by atoms with Crippen LogP contribution in [0.2, 0.25) is 0 Å². The Bertz CT molecular complexity index is 892. The van der Waals surface area contributed by atoms with Gasteiger partial charge in [-0.2, -0.15) is 0 Å². The number of nitrogens with zero attached hydrogens (tertiary/aromatic N) is 1. The zero-order valence-electron chi connectivity index (χ0n) is 15.3. The topological polar surface area (TPSA) is 25.6 Å². The van der Waals surface area contributed by atoms with Gasteiger partial charge < -0.3 is 14.1 Å². The molecule has 1 unspecified atom stereocenters. The van der Waals surface area contributed by atoms with E-state index in [-0.39, 0.29) is 0 Å². The number of unbranched alkanes of at least 4 members (excludes halogenated alkanes) is 1. The predicted octanol–water partition coefficient (Wildman–Crippen LogP) is 5.48. The number of rotatable bonds is 6. The summed E-state index contributed by atoms with van der Waals surface area (Å²) in [6, 6.07) is 14.4. The minimum absolute atomic E-state index is 0.808. The van der Waals surface area contributed by atoms with Gasteiger partial charge in [0.2, 0.25) is 0 Å². The second-order valence-corrected chi connectivity index (χ2v) is 8.00. The lowest BCUT2D eigenvalue weighted by Crippen LogP contribution is -2.47. The molecule has 0 spiro atoms. The van der Waals surface area contributed by atoms with Gasteiger partial charge in [-0.05, 0) is 81.3 Å². The van der Waals surface area contributed by atoms with Gasteiger partial charge in [0.05, 0.1) is 6.61 Å². The SMILES string of the molecule is c1ccc2c(c1)oc1ccc(OCCCCC3CN4CCC3CC4)cc12. The van der Waals surface area contributed by atoms with E-state index in [0.29, 0.717) is 0 Å². The van der Waals surface area contributed by atoms with Crippen molar-refractivity contribution in [2.75, 3.05) is 26.2 Å². The summed E-state index contributed by atoms with van der Waals surface area (Å²) in [7, 11) is 0. The van der Waals surface area contributed by atoms with Crippen molar-refractivity contribution in [2.45, 2.75) is 32.1 Å². The molecule has 1 atom stereocenters. The first kappa shape index (κ1) is 16.2. The molecule has 1 aromatic heterocycles. The fraction of sp³-hybridized carbons (Fsp3) is 0.478. The van der Waals surface area contributed by atoms with E-state index in [1.165, 1.54) is 45.3 Å². The number of piperidine rings is 3. The number of hydrogen-bond donors (Lipinski definition) is 0. The van der Waals surface area contributed by atoms with Gasteiger partial charge in [0.1, 0.15) is 16.9 Å². The van der Waals surface area contributed by atoms with E-state index in [4.69, 9.17) is 9.15 Å². The number of ether oxygens (including phenoxy) is 1. The van der Waals surface area contributed by atoms with Crippen LogP contribution in [0.25, 0.3) is 21.9 Å². The van der Waals surface area contributed by atoms with Gasteiger partial charge in [0.15, 0.2) is 0 Å². The maximum Gasteiger partial charge on any atom is 0.135 e. The average molecular weight is 349 g/mol. The maximum atomic E-state index is 6.03. The van der Waals surface area contributed by atoms with Crippen molar-refractivity contribution in [3.63, 3.8) is 0 Å². The van der Waals surface area contributed by atoms with Crippen molar-refractivity contribution < 1.29 is 9.15 Å². The van der Waals surface area contributed by atoms with E-state index in [1.807, 2.05) is 24.3 Å². The summed E-state index contributed by atoms with van der Waals surface area (Å²) < 4.78 is 11.9. The molecule has 4 heterocycles.